The van der Waals surface area contributed by atoms with Gasteiger partial charge in [-0.1, -0.05) is 41.7 Å². The number of hydrogen-bond donors (Lipinski definition) is 1. The van der Waals surface area contributed by atoms with Gasteiger partial charge in [0.2, 0.25) is 10.9 Å². The molecule has 140 valence electrons. The molecular formula is C21H18N4O2S. The summed E-state index contributed by atoms with van der Waals surface area (Å²) in [6.45, 7) is 1.97. The normalized spacial score (nSPS) is 10.5. The Labute approximate surface area is 166 Å². The molecule has 3 aromatic heterocycles. The molecule has 0 atom stereocenters. The Morgan fingerprint density at radius 1 is 0.964 bits per heavy atom. The lowest BCUT2D eigenvalue weighted by Crippen LogP contribution is -1.95. The van der Waals surface area contributed by atoms with E-state index in [1.807, 2.05) is 55.5 Å². The number of nitrogens with one attached hydrogen (secondary N) is 1. The molecule has 0 aliphatic carbocycles. The van der Waals surface area contributed by atoms with Gasteiger partial charge in [-0.05, 0) is 19.1 Å². The molecule has 28 heavy (non-hydrogen) atoms. The standard InChI is InChI=1S/C21H18N4O2S/c1-14-24-20(15-6-4-3-5-7-15)21(28-14)27-17-9-11-22-18(13-17)25-16-8-10-23-19(12-16)26-2/h3-13H,1-2H3,(H,22,23,25). The lowest BCUT2D eigenvalue weighted by molar-refractivity contribution is 0.398. The number of aryl methyl sites for hydroxylation is 1. The minimum Gasteiger partial charge on any atom is -0.481 e. The van der Waals surface area contributed by atoms with E-state index >= 15 is 0 Å². The van der Waals surface area contributed by atoms with Crippen LogP contribution in [0.2, 0.25) is 0 Å². The van der Waals surface area contributed by atoms with Crippen molar-refractivity contribution in [3.8, 4) is 28.0 Å². The molecule has 1 aromatic carbocycles. The number of aromatic nitrogens is 3. The maximum atomic E-state index is 6.15. The molecular weight excluding hydrogens is 372 g/mol. The summed E-state index contributed by atoms with van der Waals surface area (Å²) in [5.74, 6) is 1.87. The lowest BCUT2D eigenvalue weighted by atomic mass is 10.2. The third-order valence-electron chi connectivity index (χ3n) is 3.91. The second-order valence-corrected chi connectivity index (χ2v) is 7.09. The van der Waals surface area contributed by atoms with E-state index in [0.717, 1.165) is 27.0 Å². The highest BCUT2D eigenvalue weighted by Crippen LogP contribution is 2.38. The van der Waals surface area contributed by atoms with Crippen molar-refractivity contribution in [3.05, 3.63) is 72.0 Å². The molecule has 0 aliphatic heterocycles. The topological polar surface area (TPSA) is 69.2 Å². The van der Waals surface area contributed by atoms with Gasteiger partial charge in [0.15, 0.2) is 0 Å². The third-order valence-corrected chi connectivity index (χ3v) is 4.76. The average molecular weight is 390 g/mol. The summed E-state index contributed by atoms with van der Waals surface area (Å²) in [7, 11) is 1.58. The van der Waals surface area contributed by atoms with Gasteiger partial charge in [0, 0.05) is 35.8 Å². The van der Waals surface area contributed by atoms with Crippen molar-refractivity contribution >= 4 is 22.8 Å². The van der Waals surface area contributed by atoms with Crippen molar-refractivity contribution in [3.63, 3.8) is 0 Å². The van der Waals surface area contributed by atoms with Gasteiger partial charge in [-0.3, -0.25) is 0 Å². The summed E-state index contributed by atoms with van der Waals surface area (Å²) >= 11 is 1.52. The van der Waals surface area contributed by atoms with Crippen molar-refractivity contribution in [2.75, 3.05) is 12.4 Å². The maximum Gasteiger partial charge on any atom is 0.214 e. The van der Waals surface area contributed by atoms with Crippen LogP contribution < -0.4 is 14.8 Å². The summed E-state index contributed by atoms with van der Waals surface area (Å²) in [6.07, 6.45) is 3.37. The molecule has 7 heteroatoms. The second-order valence-electron chi connectivity index (χ2n) is 5.93. The van der Waals surface area contributed by atoms with E-state index in [4.69, 9.17) is 9.47 Å². The Morgan fingerprint density at radius 3 is 2.61 bits per heavy atom. The fourth-order valence-electron chi connectivity index (χ4n) is 2.65. The number of benzene rings is 1. The first-order chi connectivity index (χ1) is 13.7. The molecule has 0 saturated carbocycles. The first-order valence-corrected chi connectivity index (χ1v) is 9.47. The zero-order valence-corrected chi connectivity index (χ0v) is 16.2. The van der Waals surface area contributed by atoms with Crippen molar-refractivity contribution in [2.45, 2.75) is 6.92 Å². The van der Waals surface area contributed by atoms with Crippen LogP contribution in [-0.2, 0) is 0 Å². The lowest BCUT2D eigenvalue weighted by Gasteiger charge is -2.09. The van der Waals surface area contributed by atoms with Crippen molar-refractivity contribution < 1.29 is 9.47 Å². The van der Waals surface area contributed by atoms with Gasteiger partial charge in [-0.15, -0.1) is 0 Å². The Morgan fingerprint density at radius 2 is 1.79 bits per heavy atom. The van der Waals surface area contributed by atoms with Crippen molar-refractivity contribution in [1.29, 1.82) is 0 Å². The predicted octanol–water partition coefficient (Wildman–Crippen LogP) is 5.45. The van der Waals surface area contributed by atoms with Crippen LogP contribution in [0.25, 0.3) is 11.3 Å². The third kappa shape index (κ3) is 4.10. The molecule has 0 unspecified atom stereocenters. The van der Waals surface area contributed by atoms with E-state index in [1.54, 1.807) is 25.6 Å². The molecule has 6 nitrogen and oxygen atoms in total. The van der Waals surface area contributed by atoms with E-state index in [0.29, 0.717) is 17.4 Å². The Hall–Kier alpha value is -3.45. The molecule has 0 saturated heterocycles. The zero-order chi connectivity index (χ0) is 19.3. The molecule has 0 aliphatic rings. The van der Waals surface area contributed by atoms with Crippen LogP contribution in [0.5, 0.6) is 16.7 Å². The first kappa shape index (κ1) is 17.9. The van der Waals surface area contributed by atoms with E-state index in [2.05, 4.69) is 20.3 Å². The molecule has 4 rings (SSSR count). The molecule has 0 fully saturated rings. The van der Waals surface area contributed by atoms with Crippen LogP contribution in [0.1, 0.15) is 5.01 Å². The highest BCUT2D eigenvalue weighted by molar-refractivity contribution is 7.13. The molecule has 0 spiro atoms. The van der Waals surface area contributed by atoms with Crippen LogP contribution in [0.3, 0.4) is 0 Å². The van der Waals surface area contributed by atoms with Crippen molar-refractivity contribution in [2.24, 2.45) is 0 Å². The molecule has 0 bridgehead atoms. The number of anilines is 2. The van der Waals surface area contributed by atoms with Gasteiger partial charge in [-0.25, -0.2) is 15.0 Å². The minimum atomic E-state index is 0.532. The minimum absolute atomic E-state index is 0.532. The molecule has 3 heterocycles. The van der Waals surface area contributed by atoms with E-state index in [9.17, 15) is 0 Å². The number of rotatable bonds is 6. The van der Waals surface area contributed by atoms with Crippen LogP contribution in [0.4, 0.5) is 11.5 Å². The van der Waals surface area contributed by atoms with Crippen LogP contribution >= 0.6 is 11.3 Å². The number of nitrogens with zero attached hydrogens (tertiary/aromatic N) is 3. The fraction of sp³-hybridized carbons (Fsp3) is 0.0952. The van der Waals surface area contributed by atoms with Gasteiger partial charge in [0.1, 0.15) is 17.3 Å². The van der Waals surface area contributed by atoms with E-state index in [1.165, 1.54) is 11.3 Å². The largest absolute Gasteiger partial charge is 0.481 e. The maximum absolute atomic E-state index is 6.15. The zero-order valence-electron chi connectivity index (χ0n) is 15.4. The summed E-state index contributed by atoms with van der Waals surface area (Å²) in [6, 6.07) is 17.3. The molecule has 0 radical (unpaired) electrons. The SMILES string of the molecule is COc1cc(Nc2cc(Oc3sc(C)nc3-c3ccccc3)ccn2)ccn1. The number of methoxy groups -OCH3 is 1. The molecule has 0 amide bonds. The van der Waals surface area contributed by atoms with Crippen LogP contribution in [0.15, 0.2) is 67.0 Å². The Balaban J connectivity index is 1.58. The van der Waals surface area contributed by atoms with Crippen LogP contribution in [0, 0.1) is 6.92 Å². The Kier molecular flexibility index (Phi) is 5.16. The number of hydrogen-bond acceptors (Lipinski definition) is 7. The predicted molar refractivity (Wildman–Crippen MR) is 111 cm³/mol. The quantitative estimate of drug-likeness (QED) is 0.472. The highest BCUT2D eigenvalue weighted by Gasteiger charge is 2.14. The number of ether oxygens (including phenoxy) is 2. The van der Waals surface area contributed by atoms with Gasteiger partial charge < -0.3 is 14.8 Å². The number of pyridine rings is 2. The molecule has 4 aromatic rings. The molecule has 1 N–H and O–H groups in total. The summed E-state index contributed by atoms with van der Waals surface area (Å²) in [5, 5.41) is 4.94. The smallest absolute Gasteiger partial charge is 0.214 e. The first-order valence-electron chi connectivity index (χ1n) is 8.65. The van der Waals surface area contributed by atoms with Gasteiger partial charge in [0.05, 0.1) is 12.1 Å². The van der Waals surface area contributed by atoms with Crippen molar-refractivity contribution in [1.82, 2.24) is 15.0 Å². The highest BCUT2D eigenvalue weighted by atomic mass is 32.1. The fourth-order valence-corrected chi connectivity index (χ4v) is 3.46. The van der Waals surface area contributed by atoms with Crippen LogP contribution in [-0.4, -0.2) is 22.1 Å². The summed E-state index contributed by atoms with van der Waals surface area (Å²) in [5.41, 5.74) is 2.70. The Bertz CT molecular complexity index is 1080. The second kappa shape index (κ2) is 8.06. The van der Waals surface area contributed by atoms with Gasteiger partial charge >= 0.3 is 0 Å². The number of thiazole rings is 1. The average Bonchev–Trinajstić information content (AvgIpc) is 3.09. The van der Waals surface area contributed by atoms with Gasteiger partial charge in [0.25, 0.3) is 0 Å². The van der Waals surface area contributed by atoms with E-state index < -0.39 is 0 Å². The van der Waals surface area contributed by atoms with Gasteiger partial charge in [-0.2, -0.15) is 0 Å². The summed E-state index contributed by atoms with van der Waals surface area (Å²) in [4.78, 5) is 13.1. The van der Waals surface area contributed by atoms with E-state index in [-0.39, 0.29) is 0 Å². The summed E-state index contributed by atoms with van der Waals surface area (Å²) < 4.78 is 11.3. The monoisotopic (exact) mass is 390 g/mol.